The Balaban J connectivity index is 1.84. The summed E-state index contributed by atoms with van der Waals surface area (Å²) in [7, 11) is 0. The number of para-hydroxylation sites is 1. The minimum atomic E-state index is 1.23. The van der Waals surface area contributed by atoms with Crippen molar-refractivity contribution in [3.63, 3.8) is 0 Å². The van der Waals surface area contributed by atoms with Crippen LogP contribution >= 0.6 is 0 Å². The predicted octanol–water partition coefficient (Wildman–Crippen LogP) is 5.33. The van der Waals surface area contributed by atoms with Crippen LogP contribution in [0.15, 0.2) is 60.7 Å². The molecular weight excluding hydrogens is 266 g/mol. The quantitative estimate of drug-likeness (QED) is 0.600. The van der Waals surface area contributed by atoms with E-state index >= 15 is 0 Å². The van der Waals surface area contributed by atoms with Crippen LogP contribution in [-0.2, 0) is 12.8 Å². The van der Waals surface area contributed by atoms with E-state index in [2.05, 4.69) is 72.2 Å². The third-order valence-electron chi connectivity index (χ3n) is 4.73. The van der Waals surface area contributed by atoms with Crippen molar-refractivity contribution in [3.8, 4) is 16.9 Å². The molecule has 0 aliphatic heterocycles. The molecule has 0 spiro atoms. The Kier molecular flexibility index (Phi) is 3.34. The van der Waals surface area contributed by atoms with Crippen LogP contribution in [-0.4, -0.2) is 4.57 Å². The van der Waals surface area contributed by atoms with Crippen molar-refractivity contribution >= 4 is 0 Å². The van der Waals surface area contributed by atoms with E-state index in [1.54, 1.807) is 11.1 Å². The number of nitrogens with zero attached hydrogens (tertiary/aromatic N) is 1. The lowest BCUT2D eigenvalue weighted by atomic mass is 9.90. The molecule has 1 aliphatic rings. The molecule has 3 aromatic rings. The highest BCUT2D eigenvalue weighted by atomic mass is 15.0. The van der Waals surface area contributed by atoms with Gasteiger partial charge in [0.15, 0.2) is 0 Å². The van der Waals surface area contributed by atoms with Crippen molar-refractivity contribution in [2.45, 2.75) is 32.6 Å². The monoisotopic (exact) mass is 287 g/mol. The van der Waals surface area contributed by atoms with Crippen molar-refractivity contribution in [1.82, 2.24) is 4.57 Å². The zero-order valence-corrected chi connectivity index (χ0v) is 13.0. The summed E-state index contributed by atoms with van der Waals surface area (Å²) < 4.78 is 2.35. The number of rotatable bonds is 2. The van der Waals surface area contributed by atoms with Gasteiger partial charge < -0.3 is 4.57 Å². The standard InChI is InChI=1S/C21H21N/c1-16-11-14-21(22(16)20-9-3-2-4-10-20)19-13-12-17-7-5-6-8-18(17)15-19/h2-4,9-15H,5-8H2,1H3. The molecule has 4 rings (SSSR count). The first kappa shape index (κ1) is 13.4. The summed E-state index contributed by atoms with van der Waals surface area (Å²) in [6.07, 6.45) is 5.14. The molecule has 1 nitrogen and oxygen atoms in total. The van der Waals surface area contributed by atoms with Crippen LogP contribution in [0.25, 0.3) is 16.9 Å². The van der Waals surface area contributed by atoms with Gasteiger partial charge in [-0.3, -0.25) is 0 Å². The van der Waals surface area contributed by atoms with Crippen LogP contribution in [0.1, 0.15) is 29.7 Å². The van der Waals surface area contributed by atoms with Gasteiger partial charge >= 0.3 is 0 Å². The van der Waals surface area contributed by atoms with E-state index in [1.165, 1.54) is 48.3 Å². The molecule has 22 heavy (non-hydrogen) atoms. The number of aromatic nitrogens is 1. The van der Waals surface area contributed by atoms with Gasteiger partial charge in [0.05, 0.1) is 5.69 Å². The fourth-order valence-electron chi connectivity index (χ4n) is 3.58. The molecule has 0 N–H and O–H groups in total. The van der Waals surface area contributed by atoms with Crippen molar-refractivity contribution in [1.29, 1.82) is 0 Å². The van der Waals surface area contributed by atoms with Crippen molar-refractivity contribution in [2.75, 3.05) is 0 Å². The number of aryl methyl sites for hydroxylation is 3. The second kappa shape index (κ2) is 5.49. The molecule has 0 radical (unpaired) electrons. The average molecular weight is 287 g/mol. The van der Waals surface area contributed by atoms with Crippen LogP contribution in [0.2, 0.25) is 0 Å². The Bertz CT molecular complexity index is 796. The molecule has 0 atom stereocenters. The third-order valence-corrected chi connectivity index (χ3v) is 4.73. The summed E-state index contributed by atoms with van der Waals surface area (Å²) in [4.78, 5) is 0. The predicted molar refractivity (Wildman–Crippen MR) is 92.6 cm³/mol. The smallest absolute Gasteiger partial charge is 0.0531 e. The highest BCUT2D eigenvalue weighted by molar-refractivity contribution is 5.66. The van der Waals surface area contributed by atoms with Crippen LogP contribution in [0.5, 0.6) is 0 Å². The van der Waals surface area contributed by atoms with Gasteiger partial charge in [0.1, 0.15) is 0 Å². The lowest BCUT2D eigenvalue weighted by Crippen LogP contribution is -2.03. The van der Waals surface area contributed by atoms with Gasteiger partial charge in [0.25, 0.3) is 0 Å². The molecule has 110 valence electrons. The third kappa shape index (κ3) is 2.27. The van der Waals surface area contributed by atoms with Crippen LogP contribution < -0.4 is 0 Å². The summed E-state index contributed by atoms with van der Waals surface area (Å²) in [5.74, 6) is 0. The highest BCUT2D eigenvalue weighted by Gasteiger charge is 2.13. The second-order valence-corrected chi connectivity index (χ2v) is 6.22. The van der Waals surface area contributed by atoms with E-state index in [9.17, 15) is 0 Å². The SMILES string of the molecule is Cc1ccc(-c2ccc3c(c2)CCCC3)n1-c1ccccc1. The first-order valence-electron chi connectivity index (χ1n) is 8.19. The first-order valence-corrected chi connectivity index (χ1v) is 8.19. The summed E-state index contributed by atoms with van der Waals surface area (Å²) in [6, 6.07) is 22.1. The fraction of sp³-hybridized carbons (Fsp3) is 0.238. The number of hydrogen-bond donors (Lipinski definition) is 0. The molecule has 1 aliphatic carbocycles. The molecule has 1 aromatic heterocycles. The summed E-state index contributed by atoms with van der Waals surface area (Å²) in [6.45, 7) is 2.18. The number of benzene rings is 2. The maximum Gasteiger partial charge on any atom is 0.0531 e. The Morgan fingerprint density at radius 1 is 0.773 bits per heavy atom. The van der Waals surface area contributed by atoms with E-state index in [4.69, 9.17) is 0 Å². The Hall–Kier alpha value is -2.28. The zero-order valence-electron chi connectivity index (χ0n) is 13.0. The molecule has 0 saturated heterocycles. The lowest BCUT2D eigenvalue weighted by Gasteiger charge is -2.18. The molecule has 0 unspecified atom stereocenters. The molecule has 0 fully saturated rings. The molecule has 1 heteroatoms. The van der Waals surface area contributed by atoms with Crippen molar-refractivity contribution in [2.24, 2.45) is 0 Å². The minimum Gasteiger partial charge on any atom is -0.314 e. The van der Waals surface area contributed by atoms with Crippen LogP contribution in [0.3, 0.4) is 0 Å². The normalized spacial score (nSPS) is 13.9. The van der Waals surface area contributed by atoms with Crippen molar-refractivity contribution in [3.05, 3.63) is 77.5 Å². The summed E-state index contributed by atoms with van der Waals surface area (Å²) >= 11 is 0. The lowest BCUT2D eigenvalue weighted by molar-refractivity contribution is 0.686. The van der Waals surface area contributed by atoms with Gasteiger partial charge in [-0.05, 0) is 79.6 Å². The maximum atomic E-state index is 2.41. The molecule has 1 heterocycles. The summed E-state index contributed by atoms with van der Waals surface area (Å²) in [5.41, 5.74) is 8.22. The molecule has 0 bridgehead atoms. The molecule has 0 saturated carbocycles. The average Bonchev–Trinajstić information content (AvgIpc) is 2.97. The second-order valence-electron chi connectivity index (χ2n) is 6.22. The van der Waals surface area contributed by atoms with E-state index < -0.39 is 0 Å². The Morgan fingerprint density at radius 3 is 2.36 bits per heavy atom. The Labute approximate surface area is 132 Å². The maximum absolute atomic E-state index is 2.41. The van der Waals surface area contributed by atoms with Gasteiger partial charge in [0.2, 0.25) is 0 Å². The van der Waals surface area contributed by atoms with E-state index in [0.717, 1.165) is 0 Å². The van der Waals surface area contributed by atoms with Gasteiger partial charge in [-0.1, -0.05) is 30.3 Å². The molecule has 0 amide bonds. The number of hydrogen-bond acceptors (Lipinski definition) is 0. The topological polar surface area (TPSA) is 4.93 Å². The van der Waals surface area contributed by atoms with Crippen molar-refractivity contribution < 1.29 is 0 Å². The van der Waals surface area contributed by atoms with E-state index in [1.807, 2.05) is 0 Å². The molecular formula is C21H21N. The first-order chi connectivity index (χ1) is 10.8. The largest absolute Gasteiger partial charge is 0.314 e. The van der Waals surface area contributed by atoms with Gasteiger partial charge in [0, 0.05) is 11.4 Å². The van der Waals surface area contributed by atoms with E-state index in [-0.39, 0.29) is 0 Å². The Morgan fingerprint density at radius 2 is 1.55 bits per heavy atom. The van der Waals surface area contributed by atoms with Gasteiger partial charge in [-0.25, -0.2) is 0 Å². The van der Waals surface area contributed by atoms with Crippen LogP contribution in [0, 0.1) is 6.92 Å². The van der Waals surface area contributed by atoms with E-state index in [0.29, 0.717) is 0 Å². The highest BCUT2D eigenvalue weighted by Crippen LogP contribution is 2.30. The molecule has 2 aromatic carbocycles. The van der Waals surface area contributed by atoms with Gasteiger partial charge in [-0.15, -0.1) is 0 Å². The number of fused-ring (bicyclic) bond motifs is 1. The minimum absolute atomic E-state index is 1.23. The zero-order chi connectivity index (χ0) is 14.9. The van der Waals surface area contributed by atoms with Gasteiger partial charge in [-0.2, -0.15) is 0 Å². The fourth-order valence-corrected chi connectivity index (χ4v) is 3.58. The van der Waals surface area contributed by atoms with Crippen LogP contribution in [0.4, 0.5) is 0 Å². The summed E-state index contributed by atoms with van der Waals surface area (Å²) in [5, 5.41) is 0.